The number of thioether (sulfide) groups is 1. The van der Waals surface area contributed by atoms with Crippen LogP contribution in [-0.2, 0) is 0 Å². The summed E-state index contributed by atoms with van der Waals surface area (Å²) < 4.78 is 0. The fraction of sp³-hybridized carbons (Fsp3) is 0.0455. The summed E-state index contributed by atoms with van der Waals surface area (Å²) in [6.45, 7) is 0.629. The van der Waals surface area contributed by atoms with Crippen molar-refractivity contribution in [3.63, 3.8) is 0 Å². The van der Waals surface area contributed by atoms with Crippen LogP contribution in [0, 0.1) is 0 Å². The summed E-state index contributed by atoms with van der Waals surface area (Å²) in [7, 11) is 0. The van der Waals surface area contributed by atoms with Crippen molar-refractivity contribution in [2.45, 2.75) is 0 Å². The molecule has 30 heavy (non-hydrogen) atoms. The van der Waals surface area contributed by atoms with Crippen LogP contribution in [0.4, 0.5) is 17.1 Å². The van der Waals surface area contributed by atoms with Crippen molar-refractivity contribution in [3.05, 3.63) is 93.7 Å². The lowest BCUT2D eigenvalue weighted by Crippen LogP contribution is -2.23. The molecule has 0 radical (unpaired) electrons. The molecule has 1 fully saturated rings. The van der Waals surface area contributed by atoms with Crippen LogP contribution in [0.1, 0.15) is 5.56 Å². The van der Waals surface area contributed by atoms with Crippen molar-refractivity contribution < 1.29 is 10.2 Å². The molecule has 2 N–H and O–H groups in total. The van der Waals surface area contributed by atoms with Gasteiger partial charge in [-0.05, 0) is 65.7 Å². The highest BCUT2D eigenvalue weighted by atomic mass is 32.2. The number of hydrogen-bond donors (Lipinski definition) is 2. The first-order chi connectivity index (χ1) is 14.6. The molecule has 0 bridgehead atoms. The van der Waals surface area contributed by atoms with Crippen LogP contribution in [0.15, 0.2) is 87.8 Å². The number of benzene rings is 3. The number of aromatic hydroxyl groups is 2. The molecule has 0 unspecified atom stereocenters. The lowest BCUT2D eigenvalue weighted by molar-refractivity contribution is 0.475. The smallest absolute Gasteiger partial charge is 0.173 e. The van der Waals surface area contributed by atoms with E-state index in [4.69, 9.17) is 10.5 Å². The molecule has 0 amide bonds. The average Bonchev–Trinajstić information content (AvgIpc) is 3.14. The van der Waals surface area contributed by atoms with Gasteiger partial charge in [0.25, 0.3) is 0 Å². The molecule has 7 nitrogen and oxygen atoms in total. The largest absolute Gasteiger partial charge is 0.508 e. The molecule has 1 aliphatic heterocycles. The number of anilines is 1. The standard InChI is InChI=1S/C22H17N5O2S/c23-26-25-17-3-1-15(2-4-17)13-21-14-27(18-7-11-20(29)12-8-18)22(30-21)24-16-5-9-19(28)10-6-16/h1-13,28-29H,14H2. The number of rotatable bonds is 4. The van der Waals surface area contributed by atoms with Crippen LogP contribution in [0.3, 0.4) is 0 Å². The summed E-state index contributed by atoms with van der Waals surface area (Å²) in [5.74, 6) is 0.400. The van der Waals surface area contributed by atoms with Gasteiger partial charge in [-0.1, -0.05) is 41.1 Å². The molecule has 1 aliphatic rings. The quantitative estimate of drug-likeness (QED) is 0.295. The SMILES string of the molecule is [N-]=[N+]=Nc1ccc(C=C2CN(c3ccc(O)cc3)C(=Nc3ccc(O)cc3)S2)cc1. The maximum absolute atomic E-state index is 9.62. The molecule has 3 aromatic rings. The maximum atomic E-state index is 9.62. The Morgan fingerprint density at radius 1 is 0.867 bits per heavy atom. The first kappa shape index (κ1) is 19.4. The summed E-state index contributed by atoms with van der Waals surface area (Å²) in [5.41, 5.74) is 11.7. The van der Waals surface area contributed by atoms with E-state index in [1.807, 2.05) is 24.3 Å². The number of azide groups is 1. The Kier molecular flexibility index (Phi) is 5.61. The number of amidine groups is 1. The van der Waals surface area contributed by atoms with Gasteiger partial charge in [0.15, 0.2) is 5.17 Å². The number of phenolic OH excluding ortho intramolecular Hbond substituents is 2. The number of phenols is 2. The first-order valence-corrected chi connectivity index (χ1v) is 9.90. The van der Waals surface area contributed by atoms with Gasteiger partial charge in [-0.3, -0.25) is 0 Å². The zero-order valence-electron chi connectivity index (χ0n) is 15.8. The van der Waals surface area contributed by atoms with Crippen molar-refractivity contribution in [1.82, 2.24) is 0 Å². The van der Waals surface area contributed by atoms with Crippen LogP contribution in [0.5, 0.6) is 11.5 Å². The Labute approximate surface area is 177 Å². The van der Waals surface area contributed by atoms with Gasteiger partial charge in [0.1, 0.15) is 11.5 Å². The Morgan fingerprint density at radius 3 is 2.10 bits per heavy atom. The highest BCUT2D eigenvalue weighted by Gasteiger charge is 2.25. The van der Waals surface area contributed by atoms with Gasteiger partial charge in [-0.15, -0.1) is 0 Å². The Bertz CT molecular complexity index is 1150. The van der Waals surface area contributed by atoms with Crippen LogP contribution in [-0.4, -0.2) is 21.9 Å². The maximum Gasteiger partial charge on any atom is 0.173 e. The van der Waals surface area contributed by atoms with Gasteiger partial charge in [-0.25, -0.2) is 4.99 Å². The first-order valence-electron chi connectivity index (χ1n) is 9.08. The van der Waals surface area contributed by atoms with Crippen LogP contribution in [0.25, 0.3) is 16.5 Å². The fourth-order valence-electron chi connectivity index (χ4n) is 2.93. The summed E-state index contributed by atoms with van der Waals surface area (Å²) in [6.07, 6.45) is 2.07. The monoisotopic (exact) mass is 415 g/mol. The van der Waals surface area contributed by atoms with Crippen molar-refractivity contribution in [3.8, 4) is 11.5 Å². The van der Waals surface area contributed by atoms with Gasteiger partial charge < -0.3 is 15.1 Å². The van der Waals surface area contributed by atoms with Gasteiger partial charge in [0.05, 0.1) is 12.2 Å². The van der Waals surface area contributed by atoms with E-state index in [1.54, 1.807) is 60.3 Å². The van der Waals surface area contributed by atoms with E-state index in [2.05, 4.69) is 21.0 Å². The second kappa shape index (κ2) is 8.65. The fourth-order valence-corrected chi connectivity index (χ4v) is 3.99. The van der Waals surface area contributed by atoms with E-state index in [9.17, 15) is 10.2 Å². The molecule has 3 aromatic carbocycles. The van der Waals surface area contributed by atoms with Gasteiger partial charge in [0, 0.05) is 21.2 Å². The van der Waals surface area contributed by atoms with Gasteiger partial charge in [-0.2, -0.15) is 0 Å². The van der Waals surface area contributed by atoms with Crippen molar-refractivity contribution in [1.29, 1.82) is 0 Å². The summed E-state index contributed by atoms with van der Waals surface area (Å²) in [4.78, 5) is 10.7. The topological polar surface area (TPSA) is 105 Å². The molecule has 0 atom stereocenters. The number of aliphatic imine (C=N–C) groups is 1. The molecular weight excluding hydrogens is 398 g/mol. The molecule has 4 rings (SSSR count). The predicted octanol–water partition coefficient (Wildman–Crippen LogP) is 6.32. The minimum absolute atomic E-state index is 0.193. The third kappa shape index (κ3) is 4.57. The molecule has 8 heteroatoms. The average molecular weight is 415 g/mol. The van der Waals surface area contributed by atoms with Crippen molar-refractivity contribution in [2.75, 3.05) is 11.4 Å². The van der Waals surface area contributed by atoms with E-state index < -0.39 is 0 Å². The van der Waals surface area contributed by atoms with E-state index in [1.165, 1.54) is 0 Å². The third-order valence-corrected chi connectivity index (χ3v) is 5.39. The third-order valence-electron chi connectivity index (χ3n) is 4.38. The summed E-state index contributed by atoms with van der Waals surface area (Å²) >= 11 is 1.56. The van der Waals surface area contributed by atoms with Crippen molar-refractivity contribution >= 4 is 40.1 Å². The van der Waals surface area contributed by atoms with Gasteiger partial charge >= 0.3 is 0 Å². The van der Waals surface area contributed by atoms with E-state index in [-0.39, 0.29) is 11.5 Å². The molecule has 1 heterocycles. The molecule has 1 saturated heterocycles. The normalized spacial score (nSPS) is 16.1. The molecule has 0 spiro atoms. The predicted molar refractivity (Wildman–Crippen MR) is 121 cm³/mol. The Morgan fingerprint density at radius 2 is 1.47 bits per heavy atom. The van der Waals surface area contributed by atoms with Gasteiger partial charge in [0.2, 0.25) is 0 Å². The second-order valence-corrected chi connectivity index (χ2v) is 7.60. The lowest BCUT2D eigenvalue weighted by Gasteiger charge is -2.17. The van der Waals surface area contributed by atoms with Crippen molar-refractivity contribution in [2.24, 2.45) is 10.1 Å². The Balaban J connectivity index is 1.66. The lowest BCUT2D eigenvalue weighted by atomic mass is 10.2. The van der Waals surface area contributed by atoms with E-state index in [0.29, 0.717) is 12.2 Å². The van der Waals surface area contributed by atoms with Crippen LogP contribution >= 0.6 is 11.8 Å². The van der Waals surface area contributed by atoms with Crippen LogP contribution in [0.2, 0.25) is 0 Å². The second-order valence-electron chi connectivity index (χ2n) is 6.51. The number of nitrogens with zero attached hydrogens (tertiary/aromatic N) is 5. The van der Waals surface area contributed by atoms with E-state index >= 15 is 0 Å². The highest BCUT2D eigenvalue weighted by Crippen LogP contribution is 2.37. The minimum Gasteiger partial charge on any atom is -0.508 e. The molecule has 0 aromatic heterocycles. The molecule has 0 aliphatic carbocycles. The zero-order chi connectivity index (χ0) is 20.9. The molecular formula is C22H17N5O2S. The Hall–Kier alpha value is -3.87. The summed E-state index contributed by atoms with van der Waals surface area (Å²) in [5, 5.41) is 23.5. The zero-order valence-corrected chi connectivity index (χ0v) is 16.6. The summed E-state index contributed by atoms with van der Waals surface area (Å²) in [6, 6.07) is 21.1. The number of hydrogen-bond acceptors (Lipinski definition) is 5. The van der Waals surface area contributed by atoms with E-state index in [0.717, 1.165) is 27.0 Å². The highest BCUT2D eigenvalue weighted by molar-refractivity contribution is 8.18. The molecule has 148 valence electrons. The molecule has 0 saturated carbocycles. The van der Waals surface area contributed by atoms with Crippen LogP contribution < -0.4 is 4.90 Å². The minimum atomic E-state index is 0.193.